The van der Waals surface area contributed by atoms with Crippen LogP contribution in [0.2, 0.25) is 5.02 Å². The molecule has 0 radical (unpaired) electrons. The van der Waals surface area contributed by atoms with Gasteiger partial charge in [0.05, 0.1) is 6.10 Å². The fraction of sp³-hybridized carbons (Fsp3) is 0.500. The highest BCUT2D eigenvalue weighted by Crippen LogP contribution is 2.55. The van der Waals surface area contributed by atoms with E-state index in [2.05, 4.69) is 6.07 Å². The lowest BCUT2D eigenvalue weighted by molar-refractivity contribution is 0.114. The molecule has 1 N–H and O–H groups in total. The monoisotopic (exact) mass is 208 g/mol. The molecule has 2 heteroatoms. The van der Waals surface area contributed by atoms with Gasteiger partial charge in [-0.2, -0.15) is 0 Å². The molecule has 2 aliphatic carbocycles. The zero-order valence-electron chi connectivity index (χ0n) is 7.96. The fourth-order valence-electron chi connectivity index (χ4n) is 2.72. The van der Waals surface area contributed by atoms with Gasteiger partial charge in [-0.05, 0) is 48.9 Å². The molecule has 2 aliphatic rings. The summed E-state index contributed by atoms with van der Waals surface area (Å²) >= 11 is 6.00. The predicted octanol–water partition coefficient (Wildman–Crippen LogP) is 2.68. The Labute approximate surface area is 88.7 Å². The number of rotatable bonds is 0. The smallest absolute Gasteiger partial charge is 0.0640 e. The average molecular weight is 209 g/mol. The van der Waals surface area contributed by atoms with Crippen molar-refractivity contribution in [3.63, 3.8) is 0 Å². The standard InChI is InChI=1S/C12H13ClO/c13-9-3-1-8-2-4-11(14)12(5-6-12)10(8)7-9/h1,3,7,11,14H,2,4-6H2. The molecule has 0 amide bonds. The van der Waals surface area contributed by atoms with Crippen LogP contribution in [0.3, 0.4) is 0 Å². The molecule has 1 aromatic carbocycles. The van der Waals surface area contributed by atoms with Gasteiger partial charge in [0.15, 0.2) is 0 Å². The summed E-state index contributed by atoms with van der Waals surface area (Å²) in [5, 5.41) is 10.8. The van der Waals surface area contributed by atoms with Crippen LogP contribution in [0.4, 0.5) is 0 Å². The number of aliphatic hydroxyl groups excluding tert-OH is 1. The van der Waals surface area contributed by atoms with Crippen molar-refractivity contribution in [1.82, 2.24) is 0 Å². The number of halogens is 1. The quantitative estimate of drug-likeness (QED) is 0.695. The molecule has 1 aromatic rings. The van der Waals surface area contributed by atoms with Crippen LogP contribution in [-0.4, -0.2) is 11.2 Å². The maximum atomic E-state index is 9.99. The SMILES string of the molecule is OC1CCc2ccc(Cl)cc2C12CC2. The second-order valence-corrected chi connectivity index (χ2v) is 4.95. The van der Waals surface area contributed by atoms with E-state index in [1.807, 2.05) is 12.1 Å². The molecule has 0 saturated heterocycles. The van der Waals surface area contributed by atoms with Crippen molar-refractivity contribution >= 4 is 11.6 Å². The molecule has 1 unspecified atom stereocenters. The number of aliphatic hydroxyl groups is 1. The third kappa shape index (κ3) is 1.06. The Hall–Kier alpha value is -0.530. The van der Waals surface area contributed by atoms with E-state index < -0.39 is 0 Å². The highest BCUT2D eigenvalue weighted by atomic mass is 35.5. The van der Waals surface area contributed by atoms with Gasteiger partial charge in [-0.3, -0.25) is 0 Å². The largest absolute Gasteiger partial charge is 0.392 e. The third-order valence-corrected chi connectivity index (χ3v) is 3.96. The Balaban J connectivity index is 2.16. The minimum Gasteiger partial charge on any atom is -0.392 e. The normalized spacial score (nSPS) is 27.4. The van der Waals surface area contributed by atoms with Gasteiger partial charge in [-0.1, -0.05) is 17.7 Å². The van der Waals surface area contributed by atoms with Crippen LogP contribution < -0.4 is 0 Å². The molecule has 0 aliphatic heterocycles. The topological polar surface area (TPSA) is 20.2 Å². The van der Waals surface area contributed by atoms with Gasteiger partial charge in [0.25, 0.3) is 0 Å². The summed E-state index contributed by atoms with van der Waals surface area (Å²) in [5.74, 6) is 0. The summed E-state index contributed by atoms with van der Waals surface area (Å²) in [7, 11) is 0. The van der Waals surface area contributed by atoms with Crippen LogP contribution in [0, 0.1) is 0 Å². The number of hydrogen-bond acceptors (Lipinski definition) is 1. The summed E-state index contributed by atoms with van der Waals surface area (Å²) in [6.07, 6.45) is 4.01. The lowest BCUT2D eigenvalue weighted by atomic mass is 9.78. The first kappa shape index (κ1) is 8.75. The van der Waals surface area contributed by atoms with E-state index in [9.17, 15) is 5.11 Å². The molecule has 1 nitrogen and oxygen atoms in total. The van der Waals surface area contributed by atoms with Crippen molar-refractivity contribution in [2.45, 2.75) is 37.2 Å². The Morgan fingerprint density at radius 3 is 2.86 bits per heavy atom. The van der Waals surface area contributed by atoms with Gasteiger partial charge in [0, 0.05) is 10.4 Å². The Kier molecular flexibility index (Phi) is 1.71. The van der Waals surface area contributed by atoms with Crippen molar-refractivity contribution in [3.05, 3.63) is 34.3 Å². The van der Waals surface area contributed by atoms with Crippen LogP contribution in [0.15, 0.2) is 18.2 Å². The molecule has 1 atom stereocenters. The van der Waals surface area contributed by atoms with E-state index in [0.29, 0.717) is 0 Å². The van der Waals surface area contributed by atoms with Gasteiger partial charge >= 0.3 is 0 Å². The van der Waals surface area contributed by atoms with E-state index in [1.54, 1.807) is 0 Å². The van der Waals surface area contributed by atoms with E-state index in [1.165, 1.54) is 11.1 Å². The maximum Gasteiger partial charge on any atom is 0.0640 e. The van der Waals surface area contributed by atoms with E-state index in [4.69, 9.17) is 11.6 Å². The molecule has 1 saturated carbocycles. The second kappa shape index (κ2) is 2.74. The van der Waals surface area contributed by atoms with Gasteiger partial charge in [0.2, 0.25) is 0 Å². The maximum absolute atomic E-state index is 9.99. The Morgan fingerprint density at radius 2 is 2.14 bits per heavy atom. The molecule has 0 aromatic heterocycles. The molecular formula is C12H13ClO. The number of fused-ring (bicyclic) bond motifs is 2. The van der Waals surface area contributed by atoms with Gasteiger partial charge in [-0.15, -0.1) is 0 Å². The minimum absolute atomic E-state index is 0.0818. The molecule has 1 spiro atoms. The van der Waals surface area contributed by atoms with Crippen molar-refractivity contribution < 1.29 is 5.11 Å². The molecule has 14 heavy (non-hydrogen) atoms. The fourth-order valence-corrected chi connectivity index (χ4v) is 2.89. The summed E-state index contributed by atoms with van der Waals surface area (Å²) < 4.78 is 0. The molecule has 74 valence electrons. The summed E-state index contributed by atoms with van der Waals surface area (Å²) in [4.78, 5) is 0. The highest BCUT2D eigenvalue weighted by Gasteiger charge is 2.52. The van der Waals surface area contributed by atoms with Crippen LogP contribution in [0.5, 0.6) is 0 Å². The third-order valence-electron chi connectivity index (χ3n) is 3.72. The van der Waals surface area contributed by atoms with E-state index in [-0.39, 0.29) is 11.5 Å². The Bertz CT molecular complexity index is 382. The van der Waals surface area contributed by atoms with Crippen molar-refractivity contribution in [2.75, 3.05) is 0 Å². The molecule has 0 bridgehead atoms. The summed E-state index contributed by atoms with van der Waals surface area (Å²) in [6, 6.07) is 6.12. The van der Waals surface area contributed by atoms with Crippen LogP contribution in [0.25, 0.3) is 0 Å². The molecule has 0 heterocycles. The van der Waals surface area contributed by atoms with Crippen molar-refractivity contribution in [3.8, 4) is 0 Å². The first-order valence-corrected chi connectivity index (χ1v) is 5.57. The van der Waals surface area contributed by atoms with Gasteiger partial charge in [0.1, 0.15) is 0 Å². The van der Waals surface area contributed by atoms with Gasteiger partial charge in [-0.25, -0.2) is 0 Å². The van der Waals surface area contributed by atoms with Gasteiger partial charge < -0.3 is 5.11 Å². The molecule has 1 fully saturated rings. The first-order chi connectivity index (χ1) is 6.72. The lowest BCUT2D eigenvalue weighted by Gasteiger charge is -2.30. The minimum atomic E-state index is -0.145. The zero-order valence-corrected chi connectivity index (χ0v) is 8.72. The zero-order chi connectivity index (χ0) is 9.76. The van der Waals surface area contributed by atoms with Crippen molar-refractivity contribution in [2.24, 2.45) is 0 Å². The van der Waals surface area contributed by atoms with Crippen molar-refractivity contribution in [1.29, 1.82) is 0 Å². The van der Waals surface area contributed by atoms with E-state index in [0.717, 1.165) is 30.7 Å². The van der Waals surface area contributed by atoms with E-state index >= 15 is 0 Å². The Morgan fingerprint density at radius 1 is 1.36 bits per heavy atom. The van der Waals surface area contributed by atoms with Crippen LogP contribution >= 0.6 is 11.6 Å². The summed E-state index contributed by atoms with van der Waals surface area (Å²) in [5.41, 5.74) is 2.78. The number of benzene rings is 1. The summed E-state index contributed by atoms with van der Waals surface area (Å²) in [6.45, 7) is 0. The highest BCUT2D eigenvalue weighted by molar-refractivity contribution is 6.30. The molecular weight excluding hydrogens is 196 g/mol. The number of hydrogen-bond donors (Lipinski definition) is 1. The first-order valence-electron chi connectivity index (χ1n) is 5.19. The number of aryl methyl sites for hydroxylation is 1. The van der Waals surface area contributed by atoms with Crippen LogP contribution in [0.1, 0.15) is 30.4 Å². The second-order valence-electron chi connectivity index (χ2n) is 4.51. The molecule has 3 rings (SSSR count). The lowest BCUT2D eigenvalue weighted by Crippen LogP contribution is -2.31. The van der Waals surface area contributed by atoms with Crippen LogP contribution in [-0.2, 0) is 11.8 Å². The predicted molar refractivity (Wildman–Crippen MR) is 56.7 cm³/mol. The average Bonchev–Trinajstić information content (AvgIpc) is 2.94.